The van der Waals surface area contributed by atoms with Crippen molar-refractivity contribution in [1.29, 1.82) is 0 Å². The second-order valence-electron chi connectivity index (χ2n) is 3.46. The molecule has 0 heterocycles. The fourth-order valence-corrected chi connectivity index (χ4v) is 1.86. The first-order valence-corrected chi connectivity index (χ1v) is 4.41. The Balaban J connectivity index is 2.91. The van der Waals surface area contributed by atoms with E-state index in [2.05, 4.69) is 9.47 Å². The Morgan fingerprint density at radius 2 is 1.79 bits per heavy atom. The maximum atomic E-state index is 11.4. The summed E-state index contributed by atoms with van der Waals surface area (Å²) in [5.41, 5.74) is -1.29. The van der Waals surface area contributed by atoms with Gasteiger partial charge >= 0.3 is 11.9 Å². The maximum absolute atomic E-state index is 11.4. The van der Waals surface area contributed by atoms with E-state index in [-0.39, 0.29) is 12.8 Å². The van der Waals surface area contributed by atoms with Crippen LogP contribution in [0.2, 0.25) is 0 Å². The summed E-state index contributed by atoms with van der Waals surface area (Å²) in [6, 6.07) is 0. The van der Waals surface area contributed by atoms with Crippen molar-refractivity contribution in [2.24, 2.45) is 5.41 Å². The zero-order chi connectivity index (χ0) is 10.8. The van der Waals surface area contributed by atoms with Gasteiger partial charge in [0, 0.05) is 6.42 Å². The largest absolute Gasteiger partial charge is 0.468 e. The van der Waals surface area contributed by atoms with Crippen molar-refractivity contribution in [2.75, 3.05) is 14.2 Å². The molecule has 1 unspecified atom stereocenters. The molecule has 1 aliphatic rings. The van der Waals surface area contributed by atoms with Crippen LogP contribution in [0.15, 0.2) is 0 Å². The Morgan fingerprint density at radius 3 is 2.07 bits per heavy atom. The van der Waals surface area contributed by atoms with E-state index in [1.807, 2.05) is 0 Å². The van der Waals surface area contributed by atoms with Gasteiger partial charge in [-0.3, -0.25) is 9.59 Å². The predicted molar refractivity (Wildman–Crippen MR) is 46.3 cm³/mol. The lowest BCUT2D eigenvalue weighted by molar-refractivity contribution is -0.169. The molecule has 0 saturated heterocycles. The Morgan fingerprint density at radius 1 is 1.29 bits per heavy atom. The zero-order valence-electron chi connectivity index (χ0n) is 8.28. The van der Waals surface area contributed by atoms with Gasteiger partial charge in [-0.15, -0.1) is 0 Å². The summed E-state index contributed by atoms with van der Waals surface area (Å²) in [4.78, 5) is 22.9. The molecule has 0 spiro atoms. The van der Waals surface area contributed by atoms with E-state index in [0.29, 0.717) is 6.42 Å². The number of aliphatic hydroxyl groups is 1. The van der Waals surface area contributed by atoms with E-state index in [4.69, 9.17) is 0 Å². The fourth-order valence-electron chi connectivity index (χ4n) is 1.86. The van der Waals surface area contributed by atoms with Crippen LogP contribution >= 0.6 is 0 Å². The molecule has 0 radical (unpaired) electrons. The molecule has 0 aromatic heterocycles. The van der Waals surface area contributed by atoms with Gasteiger partial charge in [-0.05, 0) is 12.8 Å². The van der Waals surface area contributed by atoms with Crippen LogP contribution in [0.5, 0.6) is 0 Å². The summed E-state index contributed by atoms with van der Waals surface area (Å²) < 4.78 is 9.12. The van der Waals surface area contributed by atoms with Gasteiger partial charge in [0.2, 0.25) is 0 Å². The van der Waals surface area contributed by atoms with Crippen LogP contribution in [-0.4, -0.2) is 37.4 Å². The quantitative estimate of drug-likeness (QED) is 0.498. The standard InChI is InChI=1S/C9H14O5/c1-13-7(11)9(8(12)14-2)4-3-6(10)5-9/h6,10H,3-5H2,1-2H3. The summed E-state index contributed by atoms with van der Waals surface area (Å²) in [6.07, 6.45) is 0.164. The Bertz CT molecular complexity index is 232. The monoisotopic (exact) mass is 202 g/mol. The molecule has 1 atom stereocenters. The van der Waals surface area contributed by atoms with Crippen molar-refractivity contribution >= 4 is 11.9 Å². The lowest BCUT2D eigenvalue weighted by Crippen LogP contribution is -2.39. The first-order valence-electron chi connectivity index (χ1n) is 4.41. The van der Waals surface area contributed by atoms with E-state index in [1.165, 1.54) is 14.2 Å². The highest BCUT2D eigenvalue weighted by Gasteiger charge is 2.53. The van der Waals surface area contributed by atoms with E-state index in [1.54, 1.807) is 0 Å². The lowest BCUT2D eigenvalue weighted by Gasteiger charge is -2.22. The predicted octanol–water partition coefficient (Wildman–Crippen LogP) is -0.136. The molecule has 0 bridgehead atoms. The molecule has 1 fully saturated rings. The number of carbonyl (C=O) groups is 2. The molecule has 1 saturated carbocycles. The Hall–Kier alpha value is -1.10. The van der Waals surface area contributed by atoms with Crippen molar-refractivity contribution in [3.05, 3.63) is 0 Å². The number of ether oxygens (including phenoxy) is 2. The third-order valence-electron chi connectivity index (χ3n) is 2.64. The molecule has 0 aromatic carbocycles. The number of carbonyl (C=O) groups excluding carboxylic acids is 2. The molecule has 1 aliphatic carbocycles. The molecule has 1 rings (SSSR count). The molecule has 1 N–H and O–H groups in total. The number of hydrogen-bond acceptors (Lipinski definition) is 5. The normalized spacial score (nSPS) is 24.4. The van der Waals surface area contributed by atoms with E-state index >= 15 is 0 Å². The van der Waals surface area contributed by atoms with Gasteiger partial charge in [0.1, 0.15) is 0 Å². The molecule has 5 nitrogen and oxygen atoms in total. The minimum absolute atomic E-state index is 0.0896. The summed E-state index contributed by atoms with van der Waals surface area (Å²) in [6.45, 7) is 0. The van der Waals surface area contributed by atoms with Gasteiger partial charge in [-0.1, -0.05) is 0 Å². The number of aliphatic hydroxyl groups excluding tert-OH is 1. The van der Waals surface area contributed by atoms with Gasteiger partial charge < -0.3 is 14.6 Å². The van der Waals surface area contributed by atoms with Crippen LogP contribution < -0.4 is 0 Å². The number of hydrogen-bond donors (Lipinski definition) is 1. The third-order valence-corrected chi connectivity index (χ3v) is 2.64. The molecule has 80 valence electrons. The van der Waals surface area contributed by atoms with Crippen molar-refractivity contribution in [2.45, 2.75) is 25.4 Å². The number of esters is 2. The Kier molecular flexibility index (Phi) is 3.10. The molecular formula is C9H14O5. The molecular weight excluding hydrogens is 188 g/mol. The van der Waals surface area contributed by atoms with Crippen LogP contribution in [0.25, 0.3) is 0 Å². The van der Waals surface area contributed by atoms with Gasteiger partial charge in [-0.2, -0.15) is 0 Å². The molecule has 5 heteroatoms. The first kappa shape index (κ1) is 11.0. The van der Waals surface area contributed by atoms with Crippen molar-refractivity contribution in [1.82, 2.24) is 0 Å². The van der Waals surface area contributed by atoms with Crippen LogP contribution in [0.4, 0.5) is 0 Å². The smallest absolute Gasteiger partial charge is 0.323 e. The van der Waals surface area contributed by atoms with Gasteiger partial charge in [0.25, 0.3) is 0 Å². The highest BCUT2D eigenvalue weighted by atomic mass is 16.5. The summed E-state index contributed by atoms with van der Waals surface area (Å²) >= 11 is 0. The average Bonchev–Trinajstić information content (AvgIpc) is 2.59. The fraction of sp³-hybridized carbons (Fsp3) is 0.778. The summed E-state index contributed by atoms with van der Waals surface area (Å²) in [5.74, 6) is -1.25. The summed E-state index contributed by atoms with van der Waals surface area (Å²) in [7, 11) is 2.44. The molecule has 0 amide bonds. The van der Waals surface area contributed by atoms with Crippen LogP contribution in [0.1, 0.15) is 19.3 Å². The summed E-state index contributed by atoms with van der Waals surface area (Å²) in [5, 5.41) is 9.34. The van der Waals surface area contributed by atoms with E-state index in [0.717, 1.165) is 0 Å². The third kappa shape index (κ3) is 1.59. The minimum atomic E-state index is -1.29. The van der Waals surface area contributed by atoms with Crippen LogP contribution in [-0.2, 0) is 19.1 Å². The molecule has 0 aliphatic heterocycles. The first-order chi connectivity index (χ1) is 6.56. The van der Waals surface area contributed by atoms with Crippen molar-refractivity contribution < 1.29 is 24.2 Å². The zero-order valence-corrected chi connectivity index (χ0v) is 8.28. The van der Waals surface area contributed by atoms with Crippen molar-refractivity contribution in [3.63, 3.8) is 0 Å². The second-order valence-corrected chi connectivity index (χ2v) is 3.46. The number of methoxy groups -OCH3 is 2. The second kappa shape index (κ2) is 3.96. The molecule has 14 heavy (non-hydrogen) atoms. The van der Waals surface area contributed by atoms with Gasteiger partial charge in [0.05, 0.1) is 20.3 Å². The van der Waals surface area contributed by atoms with E-state index in [9.17, 15) is 14.7 Å². The van der Waals surface area contributed by atoms with Gasteiger partial charge in [-0.25, -0.2) is 0 Å². The Labute approximate surface area is 82.0 Å². The SMILES string of the molecule is COC(=O)C1(C(=O)OC)CCC(O)C1. The highest BCUT2D eigenvalue weighted by Crippen LogP contribution is 2.40. The van der Waals surface area contributed by atoms with E-state index < -0.39 is 23.5 Å². The van der Waals surface area contributed by atoms with Crippen molar-refractivity contribution in [3.8, 4) is 0 Å². The minimum Gasteiger partial charge on any atom is -0.468 e. The lowest BCUT2D eigenvalue weighted by atomic mass is 9.86. The molecule has 0 aromatic rings. The maximum Gasteiger partial charge on any atom is 0.323 e. The van der Waals surface area contributed by atoms with Gasteiger partial charge in [0.15, 0.2) is 5.41 Å². The van der Waals surface area contributed by atoms with Crippen LogP contribution in [0.3, 0.4) is 0 Å². The number of rotatable bonds is 2. The topological polar surface area (TPSA) is 72.8 Å². The van der Waals surface area contributed by atoms with Crippen LogP contribution in [0, 0.1) is 5.41 Å². The highest BCUT2D eigenvalue weighted by molar-refractivity contribution is 6.00. The average molecular weight is 202 g/mol.